The molecule has 0 aromatic carbocycles. The number of rotatable bonds is 5. The molecule has 1 atom stereocenters. The van der Waals surface area contributed by atoms with Gasteiger partial charge in [0, 0.05) is 7.05 Å². The summed E-state index contributed by atoms with van der Waals surface area (Å²) in [6, 6.07) is 0.00223. The van der Waals surface area contributed by atoms with Crippen molar-refractivity contribution in [1.82, 2.24) is 9.78 Å². The highest BCUT2D eigenvalue weighted by Crippen LogP contribution is 2.24. The summed E-state index contributed by atoms with van der Waals surface area (Å²) in [6.45, 7) is 6.22. The monoisotopic (exact) mass is 226 g/mol. The molecule has 0 aliphatic carbocycles. The van der Waals surface area contributed by atoms with Gasteiger partial charge in [0.25, 0.3) is 0 Å². The van der Waals surface area contributed by atoms with Crippen LogP contribution in [0.25, 0.3) is 0 Å². The number of nitrogen functional groups attached to an aromatic ring is 1. The number of nitrogens with zero attached hydrogens (tertiary/aromatic N) is 2. The van der Waals surface area contributed by atoms with Crippen LogP contribution < -0.4 is 11.1 Å². The van der Waals surface area contributed by atoms with Crippen molar-refractivity contribution in [3.63, 3.8) is 0 Å². The minimum absolute atomic E-state index is 0.00223. The van der Waals surface area contributed by atoms with Gasteiger partial charge in [-0.15, -0.1) is 0 Å². The van der Waals surface area contributed by atoms with Gasteiger partial charge in [0.1, 0.15) is 5.82 Å². The van der Waals surface area contributed by atoms with Crippen molar-refractivity contribution in [3.05, 3.63) is 5.69 Å². The minimum Gasteiger partial charge on any atom is -0.394 e. The molecule has 16 heavy (non-hydrogen) atoms. The van der Waals surface area contributed by atoms with Crippen LogP contribution in [0.5, 0.6) is 0 Å². The Bertz CT molecular complexity index is 346. The first-order valence-corrected chi connectivity index (χ1v) is 5.69. The number of hydrogen-bond donors (Lipinski definition) is 3. The summed E-state index contributed by atoms with van der Waals surface area (Å²) < 4.78 is 1.74. The van der Waals surface area contributed by atoms with Gasteiger partial charge in [-0.25, -0.2) is 0 Å². The summed E-state index contributed by atoms with van der Waals surface area (Å²) >= 11 is 0. The fourth-order valence-electron chi connectivity index (χ4n) is 1.63. The zero-order valence-electron chi connectivity index (χ0n) is 10.5. The van der Waals surface area contributed by atoms with Gasteiger partial charge in [-0.1, -0.05) is 20.8 Å². The molecule has 0 aliphatic heterocycles. The molecular formula is C11H22N4O. The Morgan fingerprint density at radius 2 is 2.12 bits per heavy atom. The predicted molar refractivity (Wildman–Crippen MR) is 66.3 cm³/mol. The van der Waals surface area contributed by atoms with E-state index in [1.165, 1.54) is 0 Å². The van der Waals surface area contributed by atoms with E-state index in [1.54, 1.807) is 4.68 Å². The van der Waals surface area contributed by atoms with Crippen LogP contribution >= 0.6 is 0 Å². The van der Waals surface area contributed by atoms with Crippen LogP contribution in [0.3, 0.4) is 0 Å². The Kier molecular flexibility index (Phi) is 4.18. The Morgan fingerprint density at radius 1 is 1.50 bits per heavy atom. The summed E-state index contributed by atoms with van der Waals surface area (Å²) in [7, 11) is 1.85. The molecule has 1 heterocycles. The first-order valence-electron chi connectivity index (χ1n) is 5.69. The van der Waals surface area contributed by atoms with Gasteiger partial charge >= 0.3 is 0 Å². The molecule has 0 spiro atoms. The van der Waals surface area contributed by atoms with E-state index in [-0.39, 0.29) is 12.6 Å². The molecule has 1 aromatic heterocycles. The number of hydrogen-bond acceptors (Lipinski definition) is 4. The first-order chi connectivity index (χ1) is 7.51. The van der Waals surface area contributed by atoms with E-state index in [9.17, 15) is 5.11 Å². The van der Waals surface area contributed by atoms with Crippen molar-refractivity contribution in [2.24, 2.45) is 13.0 Å². The van der Waals surface area contributed by atoms with Crippen LogP contribution in [-0.4, -0.2) is 27.5 Å². The van der Waals surface area contributed by atoms with E-state index < -0.39 is 0 Å². The van der Waals surface area contributed by atoms with Gasteiger partial charge in [0.05, 0.1) is 24.0 Å². The highest BCUT2D eigenvalue weighted by molar-refractivity contribution is 5.65. The molecule has 1 aromatic rings. The Hall–Kier alpha value is -1.23. The first kappa shape index (κ1) is 12.8. The molecule has 0 radical (unpaired) electrons. The number of nitrogens with two attached hydrogens (primary N) is 1. The standard InChI is InChI=1S/C11H22N4O/c1-5-8-10(12)11(15(4)14-8)13-9(6-16)7(2)3/h7,9,13,16H,5-6,12H2,1-4H3/t9-/m1/s1. The number of aryl methyl sites for hydroxylation is 2. The van der Waals surface area contributed by atoms with Gasteiger partial charge in [-0.2, -0.15) is 5.10 Å². The summed E-state index contributed by atoms with van der Waals surface area (Å²) in [5, 5.41) is 16.8. The predicted octanol–water partition coefficient (Wildman–Crippen LogP) is 0.993. The van der Waals surface area contributed by atoms with Crippen molar-refractivity contribution >= 4 is 11.5 Å². The van der Waals surface area contributed by atoms with Crippen molar-refractivity contribution in [1.29, 1.82) is 0 Å². The highest BCUT2D eigenvalue weighted by atomic mass is 16.3. The molecule has 5 nitrogen and oxygen atoms in total. The van der Waals surface area contributed by atoms with Gasteiger partial charge < -0.3 is 16.2 Å². The second-order valence-corrected chi connectivity index (χ2v) is 4.36. The molecule has 92 valence electrons. The quantitative estimate of drug-likeness (QED) is 0.700. The summed E-state index contributed by atoms with van der Waals surface area (Å²) in [4.78, 5) is 0. The Balaban J connectivity index is 2.91. The molecular weight excluding hydrogens is 204 g/mol. The maximum atomic E-state index is 9.27. The van der Waals surface area contributed by atoms with Gasteiger partial charge in [0.2, 0.25) is 0 Å². The normalized spacial score (nSPS) is 13.1. The highest BCUT2D eigenvalue weighted by Gasteiger charge is 2.17. The van der Waals surface area contributed by atoms with E-state index in [0.717, 1.165) is 17.9 Å². The van der Waals surface area contributed by atoms with Crippen LogP contribution in [0, 0.1) is 5.92 Å². The SMILES string of the molecule is CCc1nn(C)c(N[C@H](CO)C(C)C)c1N. The van der Waals surface area contributed by atoms with Crippen LogP contribution in [0.4, 0.5) is 11.5 Å². The van der Waals surface area contributed by atoms with Crippen LogP contribution in [0.2, 0.25) is 0 Å². The molecule has 4 N–H and O–H groups in total. The lowest BCUT2D eigenvalue weighted by Gasteiger charge is -2.21. The van der Waals surface area contributed by atoms with Crippen LogP contribution in [0.1, 0.15) is 26.5 Å². The third kappa shape index (κ3) is 2.47. The number of nitrogens with one attached hydrogen (secondary N) is 1. The summed E-state index contributed by atoms with van der Waals surface area (Å²) in [6.07, 6.45) is 0.812. The molecule has 0 saturated carbocycles. The van der Waals surface area contributed by atoms with Crippen molar-refractivity contribution in [3.8, 4) is 0 Å². The summed E-state index contributed by atoms with van der Waals surface area (Å²) in [5.41, 5.74) is 7.57. The third-order valence-electron chi connectivity index (χ3n) is 2.82. The second-order valence-electron chi connectivity index (χ2n) is 4.36. The largest absolute Gasteiger partial charge is 0.394 e. The van der Waals surface area contributed by atoms with E-state index in [0.29, 0.717) is 11.6 Å². The third-order valence-corrected chi connectivity index (χ3v) is 2.82. The van der Waals surface area contributed by atoms with E-state index >= 15 is 0 Å². The van der Waals surface area contributed by atoms with Crippen molar-refractivity contribution < 1.29 is 5.11 Å². The number of aromatic nitrogens is 2. The molecule has 0 bridgehead atoms. The average Bonchev–Trinajstić information content (AvgIpc) is 2.51. The average molecular weight is 226 g/mol. The van der Waals surface area contributed by atoms with Gasteiger partial charge in [0.15, 0.2) is 0 Å². The molecule has 5 heteroatoms. The zero-order chi connectivity index (χ0) is 12.3. The molecule has 0 fully saturated rings. The molecule has 0 saturated heterocycles. The van der Waals surface area contributed by atoms with E-state index in [4.69, 9.17) is 5.73 Å². The number of aliphatic hydroxyl groups excluding tert-OH is 1. The van der Waals surface area contributed by atoms with Crippen molar-refractivity contribution in [2.75, 3.05) is 17.7 Å². The van der Waals surface area contributed by atoms with Crippen LogP contribution in [0.15, 0.2) is 0 Å². The maximum absolute atomic E-state index is 9.27. The van der Waals surface area contributed by atoms with Crippen LogP contribution in [-0.2, 0) is 13.5 Å². The maximum Gasteiger partial charge on any atom is 0.148 e. The molecule has 0 unspecified atom stereocenters. The Labute approximate surface area is 96.6 Å². The lowest BCUT2D eigenvalue weighted by molar-refractivity contribution is 0.248. The molecule has 1 rings (SSSR count). The van der Waals surface area contributed by atoms with E-state index in [1.807, 2.05) is 14.0 Å². The summed E-state index contributed by atoms with van der Waals surface area (Å²) in [5.74, 6) is 1.13. The lowest BCUT2D eigenvalue weighted by atomic mass is 10.1. The van der Waals surface area contributed by atoms with Crippen molar-refractivity contribution in [2.45, 2.75) is 33.2 Å². The topological polar surface area (TPSA) is 76.1 Å². The number of anilines is 2. The smallest absolute Gasteiger partial charge is 0.148 e. The van der Waals surface area contributed by atoms with Gasteiger partial charge in [-0.3, -0.25) is 4.68 Å². The fraction of sp³-hybridized carbons (Fsp3) is 0.727. The molecule has 0 amide bonds. The molecule has 0 aliphatic rings. The zero-order valence-corrected chi connectivity index (χ0v) is 10.5. The second kappa shape index (κ2) is 5.21. The minimum atomic E-state index is 0.00223. The number of aliphatic hydroxyl groups is 1. The Morgan fingerprint density at radius 3 is 2.50 bits per heavy atom. The lowest BCUT2D eigenvalue weighted by Crippen LogP contribution is -2.30. The van der Waals surface area contributed by atoms with Gasteiger partial charge in [-0.05, 0) is 12.3 Å². The fourth-order valence-corrected chi connectivity index (χ4v) is 1.63. The van der Waals surface area contributed by atoms with E-state index in [2.05, 4.69) is 24.3 Å².